The number of carbonyl (C=O) groups excluding carboxylic acids is 2. The van der Waals surface area contributed by atoms with E-state index in [0.29, 0.717) is 51.4 Å². The van der Waals surface area contributed by atoms with E-state index in [1.807, 2.05) is 12.2 Å². The molecule has 0 spiro atoms. The van der Waals surface area contributed by atoms with Gasteiger partial charge in [0, 0.05) is 12.8 Å². The van der Waals surface area contributed by atoms with E-state index in [4.69, 9.17) is 4.74 Å². The molecule has 0 aliphatic heterocycles. The van der Waals surface area contributed by atoms with E-state index in [9.17, 15) is 52.8 Å². The van der Waals surface area contributed by atoms with Crippen LogP contribution in [0.3, 0.4) is 0 Å². The van der Waals surface area contributed by atoms with E-state index in [2.05, 4.69) is 36.1 Å². The van der Waals surface area contributed by atoms with Crippen LogP contribution in [0.5, 0.6) is 0 Å². The molecule has 328 valence electrons. The van der Waals surface area contributed by atoms with Crippen LogP contribution in [0.2, 0.25) is 0 Å². The van der Waals surface area contributed by atoms with E-state index in [1.54, 1.807) is 0 Å². The van der Waals surface area contributed by atoms with Gasteiger partial charge in [-0.2, -0.15) is 43.2 Å². The fourth-order valence-corrected chi connectivity index (χ4v) is 15.1. The molecular weight excluding hydrogens is 831 g/mol. The molecule has 0 bridgehead atoms. The topological polar surface area (TPSA) is 130 Å². The fourth-order valence-electron chi connectivity index (χ4n) is 14.1. The lowest BCUT2D eigenvalue weighted by molar-refractivity contribution is -0.173. The van der Waals surface area contributed by atoms with Gasteiger partial charge in [0.15, 0.2) is 0 Å². The summed E-state index contributed by atoms with van der Waals surface area (Å²) in [6.07, 6.45) is 14.8. The summed E-state index contributed by atoms with van der Waals surface area (Å²) < 4.78 is 140. The Bertz CT molecular complexity index is 2010. The van der Waals surface area contributed by atoms with Crippen molar-refractivity contribution < 1.29 is 65.9 Å². The zero-order valence-corrected chi connectivity index (χ0v) is 35.2. The van der Waals surface area contributed by atoms with E-state index < -0.39 is 65.9 Å². The van der Waals surface area contributed by atoms with E-state index in [1.165, 1.54) is 12.2 Å². The van der Waals surface area contributed by atoms with Gasteiger partial charge in [0.2, 0.25) is 0 Å². The van der Waals surface area contributed by atoms with Gasteiger partial charge in [-0.1, -0.05) is 39.8 Å². The monoisotopic (exact) mass is 882 g/mol. The van der Waals surface area contributed by atoms with Crippen LogP contribution < -0.4 is 0 Å². The van der Waals surface area contributed by atoms with Crippen molar-refractivity contribution in [3.8, 4) is 0 Å². The Morgan fingerprint density at radius 1 is 0.593 bits per heavy atom. The minimum absolute atomic E-state index is 0.0565. The third kappa shape index (κ3) is 6.65. The van der Waals surface area contributed by atoms with Crippen LogP contribution in [0.15, 0.2) is 47.0 Å². The molecule has 0 aromatic carbocycles. The van der Waals surface area contributed by atoms with Crippen LogP contribution in [0.25, 0.3) is 0 Å². The second-order valence-electron chi connectivity index (χ2n) is 19.7. The molecule has 8 aliphatic carbocycles. The van der Waals surface area contributed by atoms with E-state index in [0.717, 1.165) is 36.8 Å². The van der Waals surface area contributed by atoms with Crippen molar-refractivity contribution in [3.63, 3.8) is 0 Å². The number of carbonyl (C=O) groups is 2. The lowest BCUT2D eigenvalue weighted by Gasteiger charge is -2.57. The standard InChI is InChI=1S/C42H52F6O9S2/c1-37-17-13-25(56-58(51,52)41(43,44)45)21-23(37)5-7-27-29-9-11-33(39(29,3)19-15-31(27)37)35(49)55-36(50)34-12-10-30-28-8-6-24-22-26(57-59(53,54)42(46,47)48)14-18-38(24,2)32(28)16-20-40(30,34)4/h5-6,21-22,27-34H,7-20H2,1-4H3/t27-,28-,29-,30-,31-,32-,33+,34+,37-,38-,39-,40-/m0/s1/i21+2,22+2. The van der Waals surface area contributed by atoms with E-state index >= 15 is 0 Å². The predicted molar refractivity (Wildman–Crippen MR) is 201 cm³/mol. The molecule has 59 heavy (non-hydrogen) atoms. The predicted octanol–water partition coefficient (Wildman–Crippen LogP) is 9.93. The molecule has 8 rings (SSSR count). The minimum Gasteiger partial charge on any atom is -0.393 e. The van der Waals surface area contributed by atoms with Crippen LogP contribution in [0, 0.1) is 69.0 Å². The molecule has 9 nitrogen and oxygen atoms in total. The third-order valence-corrected chi connectivity index (χ3v) is 19.2. The normalized spacial score (nSPS) is 41.9. The van der Waals surface area contributed by atoms with Gasteiger partial charge < -0.3 is 13.1 Å². The molecule has 0 amide bonds. The summed E-state index contributed by atoms with van der Waals surface area (Å²) in [6, 6.07) is 0. The highest BCUT2D eigenvalue weighted by atomic mass is 32.2. The van der Waals surface area contributed by atoms with Gasteiger partial charge in [0.1, 0.15) is 11.5 Å². The zero-order valence-electron chi connectivity index (χ0n) is 33.6. The number of hydrogen-bond acceptors (Lipinski definition) is 9. The molecule has 4 saturated carbocycles. The Labute approximate surface area is 341 Å². The van der Waals surface area contributed by atoms with Gasteiger partial charge in [-0.05, 0) is 158 Å². The lowest BCUT2D eigenvalue weighted by Crippen LogP contribution is -2.51. The van der Waals surface area contributed by atoms with Crippen LogP contribution in [0.4, 0.5) is 26.3 Å². The van der Waals surface area contributed by atoms with Gasteiger partial charge in [0.25, 0.3) is 0 Å². The third-order valence-electron chi connectivity index (χ3n) is 17.2. The summed E-state index contributed by atoms with van der Waals surface area (Å²) >= 11 is 0. The van der Waals surface area contributed by atoms with Crippen molar-refractivity contribution in [2.75, 3.05) is 0 Å². The molecule has 0 unspecified atom stereocenters. The maximum Gasteiger partial charge on any atom is 0.534 e. The molecular formula is C42H52F6O9S2. The highest BCUT2D eigenvalue weighted by Crippen LogP contribution is 2.68. The van der Waals surface area contributed by atoms with Crippen molar-refractivity contribution >= 4 is 32.2 Å². The Morgan fingerprint density at radius 3 is 1.32 bits per heavy atom. The van der Waals surface area contributed by atoms with Gasteiger partial charge >= 0.3 is 43.2 Å². The van der Waals surface area contributed by atoms with Crippen LogP contribution in [-0.2, 0) is 42.9 Å². The summed E-state index contributed by atoms with van der Waals surface area (Å²) in [5.41, 5.74) is -11.1. The number of fused-ring (bicyclic) bond motifs is 10. The van der Waals surface area contributed by atoms with Crippen LogP contribution >= 0.6 is 0 Å². The number of halogens is 6. The average molecular weight is 883 g/mol. The average Bonchev–Trinajstić information content (AvgIpc) is 3.67. The first-order valence-corrected chi connectivity index (χ1v) is 23.7. The molecule has 0 radical (unpaired) electrons. The maximum absolute atomic E-state index is 14.1. The number of rotatable bonds is 6. The summed E-state index contributed by atoms with van der Waals surface area (Å²) in [7, 11) is -11.5. The first-order valence-electron chi connectivity index (χ1n) is 20.8. The molecule has 12 atom stereocenters. The Balaban J connectivity index is 0.927. The molecule has 8 aliphatic rings. The van der Waals surface area contributed by atoms with Crippen molar-refractivity contribution in [2.45, 2.75) is 129 Å². The Morgan fingerprint density at radius 2 is 0.966 bits per heavy atom. The molecule has 0 aromatic heterocycles. The van der Waals surface area contributed by atoms with Gasteiger partial charge in [0.05, 0.1) is 11.8 Å². The number of hydrogen-bond donors (Lipinski definition) is 0. The maximum atomic E-state index is 14.1. The SMILES string of the molecule is C[C@]12CC[C@H]3[C@@H](CC=C4[14CH]=C(OS(=O)(=O)C(F)(F)F)CC[C@@]43C)[C@@H]1CC[C@@H]2C(=O)OC(=O)[C@H]1CC[C@H]2[C@@H]3CC=C4[14CH]=C(OS(=O)(=O)C(F)(F)F)CC[C@]4(C)[C@H]3CC[C@]12C. The van der Waals surface area contributed by atoms with Crippen LogP contribution in [0.1, 0.15) is 118 Å². The molecule has 17 heteroatoms. The highest BCUT2D eigenvalue weighted by Gasteiger charge is 2.63. The lowest BCUT2D eigenvalue weighted by atomic mass is 9.49. The molecule has 4 fully saturated rings. The zero-order chi connectivity index (χ0) is 42.9. The summed E-state index contributed by atoms with van der Waals surface area (Å²) in [4.78, 5) is 28.2. The van der Waals surface area contributed by atoms with Crippen molar-refractivity contribution in [2.24, 2.45) is 69.0 Å². The number of allylic oxidation sites excluding steroid dienone is 8. The number of ether oxygens (including phenoxy) is 1. The number of esters is 2. The molecule has 0 N–H and O–H groups in total. The second kappa shape index (κ2) is 13.8. The molecule has 0 heterocycles. The van der Waals surface area contributed by atoms with Crippen molar-refractivity contribution in [1.82, 2.24) is 0 Å². The fraction of sp³-hybridized carbons (Fsp3) is 0.762. The quantitative estimate of drug-likeness (QED) is 0.0842. The molecule has 0 saturated heterocycles. The first-order chi connectivity index (χ1) is 27.3. The van der Waals surface area contributed by atoms with Gasteiger partial charge in [-0.3, -0.25) is 9.59 Å². The minimum atomic E-state index is -5.77. The van der Waals surface area contributed by atoms with Crippen molar-refractivity contribution in [1.29, 1.82) is 0 Å². The van der Waals surface area contributed by atoms with Gasteiger partial charge in [-0.25, -0.2) is 0 Å². The first kappa shape index (κ1) is 42.9. The smallest absolute Gasteiger partial charge is 0.393 e. The summed E-state index contributed by atoms with van der Waals surface area (Å²) in [5.74, 6) is -1.23. The van der Waals surface area contributed by atoms with Crippen molar-refractivity contribution in [3.05, 3.63) is 47.0 Å². The Hall–Kier alpha value is -2.82. The van der Waals surface area contributed by atoms with Gasteiger partial charge in [-0.15, -0.1) is 0 Å². The van der Waals surface area contributed by atoms with Crippen LogP contribution in [-0.4, -0.2) is 39.8 Å². The second-order valence-corrected chi connectivity index (χ2v) is 22.7. The summed E-state index contributed by atoms with van der Waals surface area (Å²) in [5, 5.41) is 0. The summed E-state index contributed by atoms with van der Waals surface area (Å²) in [6.45, 7) is 8.42. The van der Waals surface area contributed by atoms with E-state index in [-0.39, 0.29) is 70.7 Å². The molecule has 0 aromatic rings. The Kier molecular flexibility index (Phi) is 10.1. The highest BCUT2D eigenvalue weighted by molar-refractivity contribution is 7.88. The number of alkyl halides is 6. The largest absolute Gasteiger partial charge is 0.534 e.